The number of halogens is 1. The standard InChI is InChI=1S/C15H15BrN2O3/c1-7-10(16)4-5-11(17-7)18-14(19)12-8-2-3-9(6-8)13(12)15(20)21/h2-5,8-9,12-13H,6H2,1H3,(H,20,21)(H,17,18,19). The second-order valence-corrected chi connectivity index (χ2v) is 6.45. The van der Waals surface area contributed by atoms with Crippen molar-refractivity contribution in [2.45, 2.75) is 13.3 Å². The third kappa shape index (κ3) is 2.48. The maximum Gasteiger partial charge on any atom is 0.307 e. The molecule has 21 heavy (non-hydrogen) atoms. The van der Waals surface area contributed by atoms with Crippen LogP contribution in [-0.4, -0.2) is 22.0 Å². The summed E-state index contributed by atoms with van der Waals surface area (Å²) in [4.78, 5) is 28.1. The van der Waals surface area contributed by atoms with Gasteiger partial charge in [0, 0.05) is 4.47 Å². The molecule has 0 radical (unpaired) electrons. The van der Waals surface area contributed by atoms with E-state index in [9.17, 15) is 14.7 Å². The van der Waals surface area contributed by atoms with Gasteiger partial charge in [0.05, 0.1) is 17.5 Å². The Morgan fingerprint density at radius 3 is 2.57 bits per heavy atom. The summed E-state index contributed by atoms with van der Waals surface area (Å²) in [6, 6.07) is 3.52. The van der Waals surface area contributed by atoms with Gasteiger partial charge in [0.1, 0.15) is 5.82 Å². The average molecular weight is 351 g/mol. The van der Waals surface area contributed by atoms with Crippen molar-refractivity contribution in [2.24, 2.45) is 23.7 Å². The molecule has 1 fully saturated rings. The SMILES string of the molecule is Cc1nc(NC(=O)C2C3C=CC(C3)C2C(=O)O)ccc1Br. The van der Waals surface area contributed by atoms with Crippen LogP contribution < -0.4 is 5.32 Å². The number of carbonyl (C=O) groups is 2. The second-order valence-electron chi connectivity index (χ2n) is 5.59. The summed E-state index contributed by atoms with van der Waals surface area (Å²) in [6.45, 7) is 1.83. The van der Waals surface area contributed by atoms with Gasteiger partial charge in [-0.05, 0) is 53.2 Å². The summed E-state index contributed by atoms with van der Waals surface area (Å²) < 4.78 is 0.867. The van der Waals surface area contributed by atoms with E-state index in [0.29, 0.717) is 5.82 Å². The molecule has 0 saturated heterocycles. The molecule has 2 N–H and O–H groups in total. The van der Waals surface area contributed by atoms with Crippen LogP contribution in [-0.2, 0) is 9.59 Å². The topological polar surface area (TPSA) is 79.3 Å². The molecule has 4 unspecified atom stereocenters. The van der Waals surface area contributed by atoms with E-state index in [2.05, 4.69) is 26.2 Å². The Balaban J connectivity index is 1.80. The Hall–Kier alpha value is -1.69. The minimum atomic E-state index is -0.896. The van der Waals surface area contributed by atoms with Crippen LogP contribution in [0.1, 0.15) is 12.1 Å². The largest absolute Gasteiger partial charge is 0.481 e. The molecule has 1 heterocycles. The van der Waals surface area contributed by atoms with E-state index in [4.69, 9.17) is 0 Å². The quantitative estimate of drug-likeness (QED) is 0.821. The van der Waals surface area contributed by atoms with Crippen molar-refractivity contribution < 1.29 is 14.7 Å². The molecule has 0 spiro atoms. The third-order valence-electron chi connectivity index (χ3n) is 4.32. The number of carboxylic acids is 1. The van der Waals surface area contributed by atoms with Crippen LogP contribution in [0.2, 0.25) is 0 Å². The predicted octanol–water partition coefficient (Wildman–Crippen LogP) is 2.61. The van der Waals surface area contributed by atoms with Crippen molar-refractivity contribution in [1.82, 2.24) is 4.98 Å². The molecule has 0 aromatic carbocycles. The number of rotatable bonds is 3. The molecule has 2 aliphatic carbocycles. The summed E-state index contributed by atoms with van der Waals surface area (Å²) >= 11 is 3.35. The number of anilines is 1. The molecule has 3 rings (SSSR count). The Kier molecular flexibility index (Phi) is 3.57. The van der Waals surface area contributed by atoms with Gasteiger partial charge in [-0.2, -0.15) is 0 Å². The Morgan fingerprint density at radius 2 is 1.95 bits per heavy atom. The molecule has 1 aromatic rings. The van der Waals surface area contributed by atoms with Crippen LogP contribution in [0.3, 0.4) is 0 Å². The molecular formula is C15H15BrN2O3. The lowest BCUT2D eigenvalue weighted by Gasteiger charge is -2.23. The highest BCUT2D eigenvalue weighted by molar-refractivity contribution is 9.10. The molecule has 6 heteroatoms. The van der Waals surface area contributed by atoms with Crippen LogP contribution in [0.4, 0.5) is 5.82 Å². The number of hydrogen-bond donors (Lipinski definition) is 2. The highest BCUT2D eigenvalue weighted by Gasteiger charge is 2.51. The zero-order valence-corrected chi connectivity index (χ0v) is 13.0. The van der Waals surface area contributed by atoms with E-state index in [0.717, 1.165) is 16.6 Å². The van der Waals surface area contributed by atoms with Gasteiger partial charge in [-0.15, -0.1) is 0 Å². The number of carbonyl (C=O) groups excluding carboxylic acids is 1. The van der Waals surface area contributed by atoms with Gasteiger partial charge in [-0.1, -0.05) is 12.2 Å². The number of allylic oxidation sites excluding steroid dienone is 2. The molecule has 4 atom stereocenters. The van der Waals surface area contributed by atoms with Crippen LogP contribution >= 0.6 is 15.9 Å². The van der Waals surface area contributed by atoms with Crippen molar-refractivity contribution in [3.8, 4) is 0 Å². The average Bonchev–Trinajstić information content (AvgIpc) is 3.03. The molecule has 1 aromatic heterocycles. The van der Waals surface area contributed by atoms with Crippen LogP contribution in [0, 0.1) is 30.6 Å². The number of nitrogens with zero attached hydrogens (tertiary/aromatic N) is 1. The van der Waals surface area contributed by atoms with E-state index in [-0.39, 0.29) is 17.7 Å². The van der Waals surface area contributed by atoms with Gasteiger partial charge in [0.2, 0.25) is 5.91 Å². The van der Waals surface area contributed by atoms with E-state index in [1.807, 2.05) is 25.1 Å². The van der Waals surface area contributed by atoms with Gasteiger partial charge in [-0.3, -0.25) is 9.59 Å². The van der Waals surface area contributed by atoms with Crippen molar-refractivity contribution in [3.05, 3.63) is 34.5 Å². The summed E-state index contributed by atoms with van der Waals surface area (Å²) in [5.74, 6) is -1.84. The molecule has 1 amide bonds. The maximum absolute atomic E-state index is 12.5. The number of aromatic nitrogens is 1. The van der Waals surface area contributed by atoms with E-state index in [1.165, 1.54) is 0 Å². The Labute approximate surface area is 130 Å². The number of pyridine rings is 1. The lowest BCUT2D eigenvalue weighted by Crippen LogP contribution is -2.36. The number of amides is 1. The zero-order valence-electron chi connectivity index (χ0n) is 11.4. The summed E-state index contributed by atoms with van der Waals surface area (Å²) in [6.07, 6.45) is 4.64. The first kappa shape index (κ1) is 14.3. The molecule has 1 saturated carbocycles. The fourth-order valence-corrected chi connectivity index (χ4v) is 3.56. The summed E-state index contributed by atoms with van der Waals surface area (Å²) in [5.41, 5.74) is 0.774. The highest BCUT2D eigenvalue weighted by Crippen LogP contribution is 2.48. The minimum Gasteiger partial charge on any atom is -0.481 e. The normalized spacial score (nSPS) is 29.6. The maximum atomic E-state index is 12.5. The monoisotopic (exact) mass is 350 g/mol. The van der Waals surface area contributed by atoms with Crippen LogP contribution in [0.25, 0.3) is 0 Å². The molecule has 2 aliphatic rings. The number of carboxylic acid groups (broad SMARTS) is 1. The molecule has 0 aliphatic heterocycles. The predicted molar refractivity (Wildman–Crippen MR) is 80.7 cm³/mol. The first-order chi connectivity index (χ1) is 9.97. The number of hydrogen-bond acceptors (Lipinski definition) is 3. The van der Waals surface area contributed by atoms with Crippen LogP contribution in [0.15, 0.2) is 28.8 Å². The highest BCUT2D eigenvalue weighted by atomic mass is 79.9. The van der Waals surface area contributed by atoms with Gasteiger partial charge in [-0.25, -0.2) is 4.98 Å². The number of fused-ring (bicyclic) bond motifs is 2. The first-order valence-corrected chi connectivity index (χ1v) is 7.62. The van der Waals surface area contributed by atoms with Crippen molar-refractivity contribution >= 4 is 33.6 Å². The lowest BCUT2D eigenvalue weighted by molar-refractivity contribution is -0.146. The Bertz CT molecular complexity index is 644. The Morgan fingerprint density at radius 1 is 1.29 bits per heavy atom. The summed E-state index contributed by atoms with van der Waals surface area (Å²) in [7, 11) is 0. The summed E-state index contributed by atoms with van der Waals surface area (Å²) in [5, 5.41) is 12.1. The third-order valence-corrected chi connectivity index (χ3v) is 5.16. The van der Waals surface area contributed by atoms with Gasteiger partial charge >= 0.3 is 5.97 Å². The van der Waals surface area contributed by atoms with Gasteiger partial charge in [0.15, 0.2) is 0 Å². The van der Waals surface area contributed by atoms with Gasteiger partial charge in [0.25, 0.3) is 0 Å². The fourth-order valence-electron chi connectivity index (χ4n) is 3.34. The van der Waals surface area contributed by atoms with E-state index in [1.54, 1.807) is 6.07 Å². The zero-order chi connectivity index (χ0) is 15.1. The fraction of sp³-hybridized carbons (Fsp3) is 0.400. The molecule has 2 bridgehead atoms. The van der Waals surface area contributed by atoms with E-state index >= 15 is 0 Å². The first-order valence-electron chi connectivity index (χ1n) is 6.82. The number of aryl methyl sites for hydroxylation is 1. The minimum absolute atomic E-state index is 0.0210. The lowest BCUT2D eigenvalue weighted by atomic mass is 9.82. The van der Waals surface area contributed by atoms with Gasteiger partial charge < -0.3 is 10.4 Å². The molecule has 110 valence electrons. The smallest absolute Gasteiger partial charge is 0.307 e. The molecular weight excluding hydrogens is 336 g/mol. The van der Waals surface area contributed by atoms with Crippen molar-refractivity contribution in [3.63, 3.8) is 0 Å². The van der Waals surface area contributed by atoms with Crippen molar-refractivity contribution in [2.75, 3.05) is 5.32 Å². The van der Waals surface area contributed by atoms with Crippen molar-refractivity contribution in [1.29, 1.82) is 0 Å². The number of nitrogens with one attached hydrogen (secondary N) is 1. The number of aliphatic carboxylic acids is 1. The second kappa shape index (κ2) is 5.26. The van der Waals surface area contributed by atoms with Crippen LogP contribution in [0.5, 0.6) is 0 Å². The molecule has 5 nitrogen and oxygen atoms in total. The van der Waals surface area contributed by atoms with E-state index < -0.39 is 17.8 Å².